The van der Waals surface area contributed by atoms with Crippen LogP contribution in [-0.4, -0.2) is 15.8 Å². The summed E-state index contributed by atoms with van der Waals surface area (Å²) >= 11 is 3.19. The number of thiophene rings is 1. The van der Waals surface area contributed by atoms with Gasteiger partial charge in [0.05, 0.1) is 0 Å². The molecule has 0 saturated heterocycles. The van der Waals surface area contributed by atoms with Crippen molar-refractivity contribution in [2.75, 3.05) is 0 Å². The monoisotopic (exact) mass is 476 g/mol. The molecular formula is C27H28N2O2S2. The summed E-state index contributed by atoms with van der Waals surface area (Å²) in [7, 11) is 0. The van der Waals surface area contributed by atoms with E-state index in [-0.39, 0.29) is 11.3 Å². The van der Waals surface area contributed by atoms with Crippen LogP contribution in [0, 0.1) is 6.92 Å². The first kappa shape index (κ1) is 23.3. The average molecular weight is 477 g/mol. The lowest BCUT2D eigenvalue weighted by Crippen LogP contribution is -2.29. The van der Waals surface area contributed by atoms with E-state index in [1.54, 1.807) is 46.5 Å². The first-order chi connectivity index (χ1) is 15.8. The SMILES string of the molecule is Cc1ccc(C(C)(C)C)cc1Sc1ccc(C(=O)N(Cc2cccnc2)Cc2ccsc2)o1. The Labute approximate surface area is 203 Å². The number of aromatic nitrogens is 1. The lowest BCUT2D eigenvalue weighted by molar-refractivity contribution is 0.0692. The minimum absolute atomic E-state index is 0.0712. The van der Waals surface area contributed by atoms with Gasteiger partial charge in [0.1, 0.15) is 0 Å². The van der Waals surface area contributed by atoms with Gasteiger partial charge in [-0.3, -0.25) is 9.78 Å². The number of amides is 1. The quantitative estimate of drug-likeness (QED) is 0.280. The van der Waals surface area contributed by atoms with Gasteiger partial charge in [-0.2, -0.15) is 11.3 Å². The fourth-order valence-electron chi connectivity index (χ4n) is 3.45. The topological polar surface area (TPSA) is 46.3 Å². The highest BCUT2D eigenvalue weighted by molar-refractivity contribution is 7.99. The Bertz CT molecular complexity index is 1210. The molecule has 0 bridgehead atoms. The summed E-state index contributed by atoms with van der Waals surface area (Å²) in [5.74, 6) is 0.221. The fraction of sp³-hybridized carbons (Fsp3) is 0.259. The molecule has 0 radical (unpaired) electrons. The van der Waals surface area contributed by atoms with Gasteiger partial charge in [0.2, 0.25) is 0 Å². The van der Waals surface area contributed by atoms with Crippen LogP contribution in [0.15, 0.2) is 86.1 Å². The van der Waals surface area contributed by atoms with Gasteiger partial charge in [0.15, 0.2) is 10.9 Å². The van der Waals surface area contributed by atoms with Crippen LogP contribution in [0.25, 0.3) is 0 Å². The van der Waals surface area contributed by atoms with Crippen molar-refractivity contribution < 1.29 is 9.21 Å². The lowest BCUT2D eigenvalue weighted by atomic mass is 9.87. The van der Waals surface area contributed by atoms with Crippen LogP contribution >= 0.6 is 23.1 Å². The second-order valence-electron chi connectivity index (χ2n) is 9.11. The first-order valence-electron chi connectivity index (χ1n) is 10.9. The molecule has 4 rings (SSSR count). The molecule has 0 spiro atoms. The van der Waals surface area contributed by atoms with Gasteiger partial charge in [-0.05, 0) is 75.7 Å². The molecule has 33 heavy (non-hydrogen) atoms. The van der Waals surface area contributed by atoms with Crippen LogP contribution in [0.1, 0.15) is 53.6 Å². The Balaban J connectivity index is 1.55. The third-order valence-electron chi connectivity index (χ3n) is 5.39. The van der Waals surface area contributed by atoms with Crippen LogP contribution in [0.3, 0.4) is 0 Å². The van der Waals surface area contributed by atoms with E-state index < -0.39 is 0 Å². The second kappa shape index (κ2) is 9.98. The standard InChI is InChI=1S/C27H28N2O2S2/c1-19-7-8-22(27(2,3)4)14-24(19)33-25-10-9-23(31-25)26(30)29(17-21-11-13-32-18-21)16-20-6-5-12-28-15-20/h5-15,18H,16-17H2,1-4H3. The molecule has 0 unspecified atom stereocenters. The van der Waals surface area contributed by atoms with Crippen molar-refractivity contribution >= 4 is 29.0 Å². The van der Waals surface area contributed by atoms with Gasteiger partial charge in [-0.1, -0.05) is 50.7 Å². The van der Waals surface area contributed by atoms with Crippen LogP contribution < -0.4 is 0 Å². The molecule has 4 aromatic rings. The summed E-state index contributed by atoms with van der Waals surface area (Å²) in [5, 5.41) is 4.81. The normalized spacial score (nSPS) is 11.5. The molecule has 0 saturated carbocycles. The van der Waals surface area contributed by atoms with Gasteiger partial charge >= 0.3 is 0 Å². The summed E-state index contributed by atoms with van der Waals surface area (Å²) in [6.45, 7) is 9.71. The van der Waals surface area contributed by atoms with Gasteiger partial charge in [-0.15, -0.1) is 0 Å². The molecule has 0 aliphatic heterocycles. The van der Waals surface area contributed by atoms with Crippen LogP contribution in [0.2, 0.25) is 0 Å². The van der Waals surface area contributed by atoms with E-state index in [0.717, 1.165) is 16.0 Å². The number of rotatable bonds is 7. The van der Waals surface area contributed by atoms with Crippen LogP contribution in [0.4, 0.5) is 0 Å². The molecule has 170 valence electrons. The number of nitrogens with zero attached hydrogens (tertiary/aromatic N) is 2. The maximum absolute atomic E-state index is 13.4. The molecule has 3 aromatic heterocycles. The average Bonchev–Trinajstić information content (AvgIpc) is 3.46. The van der Waals surface area contributed by atoms with E-state index in [2.05, 4.69) is 56.3 Å². The highest BCUT2D eigenvalue weighted by atomic mass is 32.2. The molecule has 0 aliphatic carbocycles. The van der Waals surface area contributed by atoms with E-state index in [1.807, 2.05) is 29.6 Å². The summed E-state index contributed by atoms with van der Waals surface area (Å²) < 4.78 is 6.03. The highest BCUT2D eigenvalue weighted by Crippen LogP contribution is 2.35. The molecule has 1 amide bonds. The number of benzene rings is 1. The fourth-order valence-corrected chi connectivity index (χ4v) is 5.00. The molecule has 4 nitrogen and oxygen atoms in total. The molecule has 1 aromatic carbocycles. The van der Waals surface area contributed by atoms with Crippen molar-refractivity contribution in [3.05, 3.63) is 99.7 Å². The number of aryl methyl sites for hydroxylation is 1. The lowest BCUT2D eigenvalue weighted by Gasteiger charge is -2.21. The molecule has 0 fully saturated rings. The van der Waals surface area contributed by atoms with E-state index >= 15 is 0 Å². The number of carbonyl (C=O) groups excluding carboxylic acids is 1. The van der Waals surface area contributed by atoms with Gasteiger partial charge in [0.25, 0.3) is 5.91 Å². The number of hydrogen-bond donors (Lipinski definition) is 0. The zero-order chi connectivity index (χ0) is 23.4. The van der Waals surface area contributed by atoms with E-state index in [0.29, 0.717) is 23.9 Å². The largest absolute Gasteiger partial charge is 0.444 e. The zero-order valence-electron chi connectivity index (χ0n) is 19.4. The Morgan fingerprint density at radius 2 is 1.91 bits per heavy atom. The van der Waals surface area contributed by atoms with Gasteiger partial charge in [0, 0.05) is 30.4 Å². The van der Waals surface area contributed by atoms with Crippen molar-refractivity contribution in [3.8, 4) is 0 Å². The van der Waals surface area contributed by atoms with Crippen LogP contribution in [-0.2, 0) is 18.5 Å². The number of furan rings is 1. The third kappa shape index (κ3) is 5.95. The van der Waals surface area contributed by atoms with Crippen molar-refractivity contribution in [2.24, 2.45) is 0 Å². The maximum Gasteiger partial charge on any atom is 0.290 e. The molecule has 0 N–H and O–H groups in total. The molecule has 6 heteroatoms. The van der Waals surface area contributed by atoms with Crippen molar-refractivity contribution in [1.29, 1.82) is 0 Å². The van der Waals surface area contributed by atoms with Gasteiger partial charge in [-0.25, -0.2) is 0 Å². The summed E-state index contributed by atoms with van der Waals surface area (Å²) in [6.07, 6.45) is 3.53. The van der Waals surface area contributed by atoms with Crippen molar-refractivity contribution in [3.63, 3.8) is 0 Å². The summed E-state index contributed by atoms with van der Waals surface area (Å²) in [5.41, 5.74) is 4.62. The number of hydrogen-bond acceptors (Lipinski definition) is 5. The predicted octanol–water partition coefficient (Wildman–Crippen LogP) is 7.34. The Hall–Kier alpha value is -2.83. The van der Waals surface area contributed by atoms with Gasteiger partial charge < -0.3 is 9.32 Å². The number of carbonyl (C=O) groups is 1. The van der Waals surface area contributed by atoms with E-state index in [1.165, 1.54) is 11.1 Å². The second-order valence-corrected chi connectivity index (χ2v) is 10.9. The summed E-state index contributed by atoms with van der Waals surface area (Å²) in [6, 6.07) is 16.1. The molecule has 0 atom stereocenters. The van der Waals surface area contributed by atoms with Crippen LogP contribution in [0.5, 0.6) is 0 Å². The highest BCUT2D eigenvalue weighted by Gasteiger charge is 2.21. The summed E-state index contributed by atoms with van der Waals surface area (Å²) in [4.78, 5) is 20.5. The predicted molar refractivity (Wildman–Crippen MR) is 135 cm³/mol. The Morgan fingerprint density at radius 1 is 1.09 bits per heavy atom. The minimum atomic E-state index is -0.128. The zero-order valence-corrected chi connectivity index (χ0v) is 21.0. The van der Waals surface area contributed by atoms with Crippen molar-refractivity contribution in [1.82, 2.24) is 9.88 Å². The minimum Gasteiger partial charge on any atom is -0.444 e. The van der Waals surface area contributed by atoms with Crippen molar-refractivity contribution in [2.45, 2.75) is 56.2 Å². The molecule has 3 heterocycles. The molecule has 0 aliphatic rings. The maximum atomic E-state index is 13.4. The third-order valence-corrected chi connectivity index (χ3v) is 7.21. The Kier molecular flexibility index (Phi) is 7.05. The first-order valence-corrected chi connectivity index (χ1v) is 12.6. The Morgan fingerprint density at radius 3 is 2.61 bits per heavy atom. The van der Waals surface area contributed by atoms with E-state index in [9.17, 15) is 4.79 Å². The van der Waals surface area contributed by atoms with E-state index in [4.69, 9.17) is 4.42 Å². The molecular weight excluding hydrogens is 448 g/mol. The smallest absolute Gasteiger partial charge is 0.290 e. The number of pyridine rings is 1.